The normalized spacial score (nSPS) is 17.6. The van der Waals surface area contributed by atoms with Crippen LogP contribution in [0.3, 0.4) is 0 Å². The molecular formula is C21H25FN2O. The lowest BCUT2D eigenvalue weighted by Gasteiger charge is -2.25. The second kappa shape index (κ2) is 8.26. The van der Waals surface area contributed by atoms with Crippen LogP contribution in [-0.4, -0.2) is 18.5 Å². The first-order valence-electron chi connectivity index (χ1n) is 8.97. The van der Waals surface area contributed by atoms with E-state index in [1.165, 1.54) is 17.2 Å². The molecule has 4 heteroatoms. The van der Waals surface area contributed by atoms with Gasteiger partial charge in [0.25, 0.3) is 0 Å². The van der Waals surface area contributed by atoms with Crippen molar-refractivity contribution in [3.63, 3.8) is 0 Å². The Kier molecular flexibility index (Phi) is 5.82. The van der Waals surface area contributed by atoms with Crippen LogP contribution in [-0.2, 0) is 17.6 Å². The van der Waals surface area contributed by atoms with E-state index in [2.05, 4.69) is 29.6 Å². The van der Waals surface area contributed by atoms with Crippen LogP contribution in [0.25, 0.3) is 0 Å². The van der Waals surface area contributed by atoms with Gasteiger partial charge in [0.1, 0.15) is 5.82 Å². The summed E-state index contributed by atoms with van der Waals surface area (Å²) in [5.41, 5.74) is 9.34. The van der Waals surface area contributed by atoms with Crippen LogP contribution in [0.5, 0.6) is 0 Å². The number of hydrogen-bond acceptors (Lipinski definition) is 2. The number of halogens is 1. The zero-order valence-corrected chi connectivity index (χ0v) is 14.4. The van der Waals surface area contributed by atoms with Crippen molar-refractivity contribution in [2.45, 2.75) is 44.1 Å². The van der Waals surface area contributed by atoms with Crippen LogP contribution < -0.4 is 11.1 Å². The van der Waals surface area contributed by atoms with Crippen molar-refractivity contribution in [1.29, 1.82) is 0 Å². The number of benzene rings is 2. The molecular weight excluding hydrogens is 315 g/mol. The van der Waals surface area contributed by atoms with Crippen LogP contribution in [0.1, 0.15) is 41.9 Å². The number of fused-ring (bicyclic) bond motifs is 1. The van der Waals surface area contributed by atoms with Crippen LogP contribution in [0.2, 0.25) is 0 Å². The molecule has 2 atom stereocenters. The molecule has 0 spiro atoms. The number of nitrogens with two attached hydrogens (primary N) is 1. The second-order valence-corrected chi connectivity index (χ2v) is 6.85. The van der Waals surface area contributed by atoms with Crippen LogP contribution in [0.15, 0.2) is 48.5 Å². The Morgan fingerprint density at radius 2 is 1.96 bits per heavy atom. The summed E-state index contributed by atoms with van der Waals surface area (Å²) in [6.45, 7) is 0.641. The van der Waals surface area contributed by atoms with Gasteiger partial charge in [-0.3, -0.25) is 4.79 Å². The highest BCUT2D eigenvalue weighted by Gasteiger charge is 2.20. The van der Waals surface area contributed by atoms with Crippen molar-refractivity contribution in [3.8, 4) is 0 Å². The Bertz CT molecular complexity index is 731. The largest absolute Gasteiger partial charge is 0.355 e. The summed E-state index contributed by atoms with van der Waals surface area (Å²) in [5.74, 6) is 0.0424. The standard InChI is InChI=1S/C21H25FN2O/c22-20-11-4-2-7-16(20)12-18(23)13-21(25)24-14-17-9-5-8-15-6-1-3-10-19(15)17/h1-4,6-7,10-11,17-18H,5,8-9,12-14,23H2,(H,24,25)/t17?,18-/m1/s1. The second-order valence-electron chi connectivity index (χ2n) is 6.85. The Labute approximate surface area is 148 Å². The topological polar surface area (TPSA) is 55.1 Å². The average Bonchev–Trinajstić information content (AvgIpc) is 2.62. The van der Waals surface area contributed by atoms with Gasteiger partial charge in [0.2, 0.25) is 5.91 Å². The number of rotatable bonds is 6. The molecule has 0 aliphatic heterocycles. The summed E-state index contributed by atoms with van der Waals surface area (Å²) in [7, 11) is 0. The van der Waals surface area contributed by atoms with E-state index >= 15 is 0 Å². The molecule has 0 saturated carbocycles. The Morgan fingerprint density at radius 1 is 1.20 bits per heavy atom. The van der Waals surface area contributed by atoms with E-state index in [-0.39, 0.29) is 24.2 Å². The molecule has 1 amide bonds. The zero-order valence-electron chi connectivity index (χ0n) is 14.4. The van der Waals surface area contributed by atoms with Crippen molar-refractivity contribution >= 4 is 5.91 Å². The summed E-state index contributed by atoms with van der Waals surface area (Å²) in [4.78, 5) is 12.2. The monoisotopic (exact) mass is 340 g/mol. The Balaban J connectivity index is 1.49. The summed E-state index contributed by atoms with van der Waals surface area (Å²) >= 11 is 0. The first-order valence-corrected chi connectivity index (χ1v) is 8.97. The van der Waals surface area contributed by atoms with Gasteiger partial charge in [0.15, 0.2) is 0 Å². The quantitative estimate of drug-likeness (QED) is 0.847. The molecule has 1 unspecified atom stereocenters. The van der Waals surface area contributed by atoms with Gasteiger partial charge in [0.05, 0.1) is 0 Å². The van der Waals surface area contributed by atoms with Crippen molar-refractivity contribution in [1.82, 2.24) is 5.32 Å². The minimum absolute atomic E-state index is 0.0631. The molecule has 0 heterocycles. The van der Waals surface area contributed by atoms with Crippen molar-refractivity contribution in [3.05, 3.63) is 71.0 Å². The van der Waals surface area contributed by atoms with Crippen LogP contribution >= 0.6 is 0 Å². The van der Waals surface area contributed by atoms with E-state index in [1.807, 2.05) is 0 Å². The third-order valence-corrected chi connectivity index (χ3v) is 4.93. The number of nitrogens with one attached hydrogen (secondary N) is 1. The maximum Gasteiger partial charge on any atom is 0.221 e. The zero-order chi connectivity index (χ0) is 17.6. The first kappa shape index (κ1) is 17.6. The summed E-state index contributed by atoms with van der Waals surface area (Å²) in [6, 6.07) is 14.7. The Morgan fingerprint density at radius 3 is 2.80 bits per heavy atom. The van der Waals surface area contributed by atoms with E-state index in [9.17, 15) is 9.18 Å². The summed E-state index contributed by atoms with van der Waals surface area (Å²) < 4.78 is 13.7. The van der Waals surface area contributed by atoms with Gasteiger partial charge in [-0.15, -0.1) is 0 Å². The highest BCUT2D eigenvalue weighted by atomic mass is 19.1. The lowest BCUT2D eigenvalue weighted by molar-refractivity contribution is -0.121. The lowest BCUT2D eigenvalue weighted by atomic mass is 9.83. The molecule has 2 aromatic rings. The van der Waals surface area contributed by atoms with Gasteiger partial charge in [-0.2, -0.15) is 0 Å². The van der Waals surface area contributed by atoms with Crippen molar-refractivity contribution in [2.75, 3.05) is 6.54 Å². The number of carbonyl (C=O) groups is 1. The predicted octanol–water partition coefficient (Wildman–Crippen LogP) is 3.32. The third kappa shape index (κ3) is 4.67. The number of amides is 1. The first-order chi connectivity index (χ1) is 12.1. The minimum atomic E-state index is -0.379. The molecule has 3 rings (SSSR count). The molecule has 0 fully saturated rings. The molecule has 0 aromatic heterocycles. The predicted molar refractivity (Wildman–Crippen MR) is 97.8 cm³/mol. The molecule has 1 aliphatic rings. The number of aryl methyl sites for hydroxylation is 1. The molecule has 132 valence electrons. The van der Waals surface area contributed by atoms with E-state index < -0.39 is 0 Å². The third-order valence-electron chi connectivity index (χ3n) is 4.93. The smallest absolute Gasteiger partial charge is 0.221 e. The van der Waals surface area contributed by atoms with Crippen LogP contribution in [0, 0.1) is 5.82 Å². The molecule has 3 N–H and O–H groups in total. The lowest BCUT2D eigenvalue weighted by Crippen LogP contribution is -2.35. The Hall–Kier alpha value is -2.20. The molecule has 1 aliphatic carbocycles. The van der Waals surface area contributed by atoms with E-state index in [4.69, 9.17) is 5.73 Å². The fourth-order valence-corrected chi connectivity index (χ4v) is 3.63. The van der Waals surface area contributed by atoms with E-state index in [0.717, 1.165) is 19.3 Å². The fourth-order valence-electron chi connectivity index (χ4n) is 3.63. The van der Waals surface area contributed by atoms with E-state index in [0.29, 0.717) is 24.4 Å². The molecule has 25 heavy (non-hydrogen) atoms. The fraction of sp³-hybridized carbons (Fsp3) is 0.381. The van der Waals surface area contributed by atoms with Crippen molar-refractivity contribution in [2.24, 2.45) is 5.73 Å². The van der Waals surface area contributed by atoms with Crippen LogP contribution in [0.4, 0.5) is 4.39 Å². The molecule has 3 nitrogen and oxygen atoms in total. The van der Waals surface area contributed by atoms with Gasteiger partial charge < -0.3 is 11.1 Å². The molecule has 0 bridgehead atoms. The minimum Gasteiger partial charge on any atom is -0.355 e. The highest BCUT2D eigenvalue weighted by Crippen LogP contribution is 2.30. The SMILES string of the molecule is N[C@@H](CC(=O)NCC1CCCc2ccccc21)Cc1ccccc1F. The molecule has 2 aromatic carbocycles. The van der Waals surface area contributed by atoms with Crippen molar-refractivity contribution < 1.29 is 9.18 Å². The highest BCUT2D eigenvalue weighted by molar-refractivity contribution is 5.76. The molecule has 0 saturated heterocycles. The van der Waals surface area contributed by atoms with Gasteiger partial charge >= 0.3 is 0 Å². The molecule has 0 radical (unpaired) electrons. The van der Waals surface area contributed by atoms with Gasteiger partial charge in [-0.25, -0.2) is 4.39 Å². The van der Waals surface area contributed by atoms with Gasteiger partial charge in [-0.1, -0.05) is 42.5 Å². The maximum atomic E-state index is 13.7. The maximum absolute atomic E-state index is 13.7. The van der Waals surface area contributed by atoms with Gasteiger partial charge in [0, 0.05) is 24.9 Å². The summed E-state index contributed by atoms with van der Waals surface area (Å²) in [5, 5.41) is 3.01. The van der Waals surface area contributed by atoms with Gasteiger partial charge in [-0.05, 0) is 48.4 Å². The number of carbonyl (C=O) groups excluding carboxylic acids is 1. The number of hydrogen-bond donors (Lipinski definition) is 2. The summed E-state index contributed by atoms with van der Waals surface area (Å²) in [6.07, 6.45) is 3.95. The van der Waals surface area contributed by atoms with E-state index in [1.54, 1.807) is 18.2 Å². The average molecular weight is 340 g/mol.